The molecular formula is C22H24FN3O. The first kappa shape index (κ1) is 18.8. The monoisotopic (exact) mass is 365 g/mol. The van der Waals surface area contributed by atoms with Gasteiger partial charge in [-0.2, -0.15) is 5.10 Å². The molecule has 0 aliphatic heterocycles. The Hall–Kier alpha value is -2.95. The Kier molecular flexibility index (Phi) is 5.40. The summed E-state index contributed by atoms with van der Waals surface area (Å²) in [5.74, 6) is -0.295. The van der Waals surface area contributed by atoms with Gasteiger partial charge in [0.2, 0.25) is 0 Å². The smallest absolute Gasteiger partial charge is 0.270 e. The van der Waals surface area contributed by atoms with Crippen molar-refractivity contribution in [3.63, 3.8) is 0 Å². The number of nitrogens with one attached hydrogen (secondary N) is 1. The van der Waals surface area contributed by atoms with Crippen LogP contribution < -0.4 is 5.32 Å². The van der Waals surface area contributed by atoms with E-state index < -0.39 is 0 Å². The molecule has 140 valence electrons. The third kappa shape index (κ3) is 4.08. The summed E-state index contributed by atoms with van der Waals surface area (Å²) in [6, 6.07) is 15.8. The number of aromatic nitrogens is 2. The number of amides is 1. The van der Waals surface area contributed by atoms with E-state index in [1.807, 2.05) is 52.0 Å². The van der Waals surface area contributed by atoms with Gasteiger partial charge in [-0.25, -0.2) is 9.07 Å². The van der Waals surface area contributed by atoms with Crippen LogP contribution in [0.25, 0.3) is 16.9 Å². The second-order valence-electron chi connectivity index (χ2n) is 7.15. The quantitative estimate of drug-likeness (QED) is 0.708. The third-order valence-electron chi connectivity index (χ3n) is 4.73. The van der Waals surface area contributed by atoms with Gasteiger partial charge < -0.3 is 5.32 Å². The lowest BCUT2D eigenvalue weighted by atomic mass is 10.1. The number of rotatable bonds is 5. The Morgan fingerprint density at radius 2 is 1.74 bits per heavy atom. The fraction of sp³-hybridized carbons (Fsp3) is 0.273. The second kappa shape index (κ2) is 7.74. The molecule has 0 saturated heterocycles. The number of hydrogen-bond donors (Lipinski definition) is 1. The average molecular weight is 365 g/mol. The van der Waals surface area contributed by atoms with Crippen LogP contribution in [-0.4, -0.2) is 21.7 Å². The van der Waals surface area contributed by atoms with Crippen LogP contribution in [0, 0.1) is 18.7 Å². The maximum Gasteiger partial charge on any atom is 0.270 e. The number of aryl methyl sites for hydroxylation is 1. The van der Waals surface area contributed by atoms with Crippen LogP contribution in [0.3, 0.4) is 0 Å². The molecule has 1 amide bonds. The van der Waals surface area contributed by atoms with Gasteiger partial charge >= 0.3 is 0 Å². The zero-order chi connectivity index (χ0) is 19.6. The highest BCUT2D eigenvalue weighted by atomic mass is 19.1. The molecule has 1 atom stereocenters. The van der Waals surface area contributed by atoms with Gasteiger partial charge in [-0.1, -0.05) is 43.7 Å². The molecule has 0 fully saturated rings. The van der Waals surface area contributed by atoms with Gasteiger partial charge in [0.1, 0.15) is 11.5 Å². The number of halogens is 1. The lowest BCUT2D eigenvalue weighted by Crippen LogP contribution is -2.37. The van der Waals surface area contributed by atoms with Gasteiger partial charge in [0.15, 0.2) is 0 Å². The first-order valence-corrected chi connectivity index (χ1v) is 9.09. The Morgan fingerprint density at radius 3 is 2.37 bits per heavy atom. The number of hydrogen-bond acceptors (Lipinski definition) is 2. The van der Waals surface area contributed by atoms with Crippen LogP contribution in [0.4, 0.5) is 4.39 Å². The van der Waals surface area contributed by atoms with Gasteiger partial charge in [0.05, 0.1) is 11.4 Å². The minimum atomic E-state index is -0.367. The van der Waals surface area contributed by atoms with Crippen molar-refractivity contribution in [2.75, 3.05) is 0 Å². The van der Waals surface area contributed by atoms with Gasteiger partial charge in [0, 0.05) is 11.6 Å². The predicted octanol–water partition coefficient (Wildman–Crippen LogP) is 4.76. The van der Waals surface area contributed by atoms with E-state index in [1.165, 1.54) is 6.07 Å². The predicted molar refractivity (Wildman–Crippen MR) is 105 cm³/mol. The van der Waals surface area contributed by atoms with Crippen LogP contribution in [0.15, 0.2) is 54.6 Å². The molecule has 2 aromatic carbocycles. The minimum absolute atomic E-state index is 0.00998. The Morgan fingerprint density at radius 1 is 1.07 bits per heavy atom. The van der Waals surface area contributed by atoms with Gasteiger partial charge in [-0.3, -0.25) is 4.79 Å². The van der Waals surface area contributed by atoms with Crippen molar-refractivity contribution in [1.82, 2.24) is 15.1 Å². The summed E-state index contributed by atoms with van der Waals surface area (Å²) in [5.41, 5.74) is 3.04. The first-order chi connectivity index (χ1) is 12.9. The van der Waals surface area contributed by atoms with E-state index in [2.05, 4.69) is 10.4 Å². The molecule has 0 saturated carbocycles. The van der Waals surface area contributed by atoms with Crippen LogP contribution in [0.1, 0.15) is 36.8 Å². The van der Waals surface area contributed by atoms with Crippen LogP contribution in [0.5, 0.6) is 0 Å². The maximum atomic E-state index is 14.2. The highest BCUT2D eigenvalue weighted by molar-refractivity contribution is 5.94. The van der Waals surface area contributed by atoms with E-state index in [9.17, 15) is 9.18 Å². The Balaban J connectivity index is 2.08. The summed E-state index contributed by atoms with van der Waals surface area (Å²) < 4.78 is 15.8. The molecule has 0 aliphatic rings. The van der Waals surface area contributed by atoms with Crippen molar-refractivity contribution in [3.8, 4) is 16.9 Å². The Bertz CT molecular complexity index is 944. The Labute approximate surface area is 159 Å². The van der Waals surface area contributed by atoms with Crippen molar-refractivity contribution in [1.29, 1.82) is 0 Å². The number of carbonyl (C=O) groups excluding carboxylic acids is 1. The van der Waals surface area contributed by atoms with E-state index in [0.29, 0.717) is 22.9 Å². The molecule has 1 heterocycles. The summed E-state index contributed by atoms with van der Waals surface area (Å²) in [4.78, 5) is 12.9. The lowest BCUT2D eigenvalue weighted by Gasteiger charge is -2.17. The molecule has 0 aliphatic carbocycles. The molecule has 0 bridgehead atoms. The molecule has 3 rings (SSSR count). The molecule has 5 heteroatoms. The molecule has 1 aromatic heterocycles. The van der Waals surface area contributed by atoms with Crippen molar-refractivity contribution in [2.24, 2.45) is 5.92 Å². The van der Waals surface area contributed by atoms with Crippen LogP contribution >= 0.6 is 0 Å². The fourth-order valence-electron chi connectivity index (χ4n) is 2.67. The van der Waals surface area contributed by atoms with Crippen molar-refractivity contribution in [3.05, 3.63) is 71.7 Å². The van der Waals surface area contributed by atoms with E-state index in [-0.39, 0.29) is 17.8 Å². The van der Waals surface area contributed by atoms with Crippen molar-refractivity contribution in [2.45, 2.75) is 33.7 Å². The number of benzene rings is 2. The maximum absolute atomic E-state index is 14.2. The second-order valence-corrected chi connectivity index (χ2v) is 7.15. The molecule has 27 heavy (non-hydrogen) atoms. The third-order valence-corrected chi connectivity index (χ3v) is 4.73. The first-order valence-electron chi connectivity index (χ1n) is 9.09. The molecule has 1 N–H and O–H groups in total. The highest BCUT2D eigenvalue weighted by Gasteiger charge is 2.21. The van der Waals surface area contributed by atoms with Crippen molar-refractivity contribution >= 4 is 5.91 Å². The zero-order valence-electron chi connectivity index (χ0n) is 16.0. The van der Waals surface area contributed by atoms with E-state index in [1.54, 1.807) is 28.9 Å². The standard InChI is InChI=1S/C22H24FN3O/c1-14(2)16(4)24-22(27)21-13-20(18-7-5-6-8-19(18)23)25-26(21)17-11-9-15(3)10-12-17/h5-14,16H,1-4H3,(H,24,27). The average Bonchev–Trinajstić information content (AvgIpc) is 3.07. The summed E-state index contributed by atoms with van der Waals surface area (Å²) in [6.07, 6.45) is 0. The van der Waals surface area contributed by atoms with Crippen molar-refractivity contribution < 1.29 is 9.18 Å². The van der Waals surface area contributed by atoms with E-state index in [0.717, 1.165) is 11.3 Å². The van der Waals surface area contributed by atoms with Gasteiger partial charge in [-0.05, 0) is 50.1 Å². The van der Waals surface area contributed by atoms with Crippen LogP contribution in [0.2, 0.25) is 0 Å². The SMILES string of the molecule is Cc1ccc(-n2nc(-c3ccccc3F)cc2C(=O)NC(C)C(C)C)cc1. The molecular weight excluding hydrogens is 341 g/mol. The molecule has 0 radical (unpaired) electrons. The van der Waals surface area contributed by atoms with Gasteiger partial charge in [0.25, 0.3) is 5.91 Å². The lowest BCUT2D eigenvalue weighted by molar-refractivity contribution is 0.0922. The largest absolute Gasteiger partial charge is 0.348 e. The van der Waals surface area contributed by atoms with Gasteiger partial charge in [-0.15, -0.1) is 0 Å². The summed E-state index contributed by atoms with van der Waals surface area (Å²) in [5, 5.41) is 7.53. The molecule has 4 nitrogen and oxygen atoms in total. The molecule has 1 unspecified atom stereocenters. The van der Waals surface area contributed by atoms with Crippen LogP contribution in [-0.2, 0) is 0 Å². The van der Waals surface area contributed by atoms with E-state index in [4.69, 9.17) is 0 Å². The molecule has 3 aromatic rings. The normalized spacial score (nSPS) is 12.2. The summed E-state index contributed by atoms with van der Waals surface area (Å²) in [7, 11) is 0. The summed E-state index contributed by atoms with van der Waals surface area (Å²) in [6.45, 7) is 8.06. The number of nitrogens with zero attached hydrogens (tertiary/aromatic N) is 2. The minimum Gasteiger partial charge on any atom is -0.348 e. The summed E-state index contributed by atoms with van der Waals surface area (Å²) >= 11 is 0. The van der Waals surface area contributed by atoms with E-state index >= 15 is 0 Å². The topological polar surface area (TPSA) is 46.9 Å². The highest BCUT2D eigenvalue weighted by Crippen LogP contribution is 2.24. The fourth-order valence-corrected chi connectivity index (χ4v) is 2.67. The zero-order valence-corrected chi connectivity index (χ0v) is 16.0. The number of carbonyl (C=O) groups is 1. The molecule has 0 spiro atoms.